The van der Waals surface area contributed by atoms with Crippen molar-refractivity contribution in [2.75, 3.05) is 0 Å². The Balaban J connectivity index is 2.06. The van der Waals surface area contributed by atoms with E-state index in [2.05, 4.69) is 20.4 Å². The van der Waals surface area contributed by atoms with Gasteiger partial charge in [0.05, 0.1) is 4.92 Å². The maximum Gasteiger partial charge on any atom is 0.408 e. The fourth-order valence-electron chi connectivity index (χ4n) is 1.78. The van der Waals surface area contributed by atoms with Gasteiger partial charge in [0.2, 0.25) is 11.7 Å². The lowest BCUT2D eigenvalue weighted by Gasteiger charge is -2.19. The van der Waals surface area contributed by atoms with Gasteiger partial charge >= 0.3 is 6.09 Å². The summed E-state index contributed by atoms with van der Waals surface area (Å²) in [5.41, 5.74) is 0.181. The van der Waals surface area contributed by atoms with Crippen molar-refractivity contribution in [3.63, 3.8) is 0 Å². The number of pyridine rings is 1. The fourth-order valence-corrected chi connectivity index (χ4v) is 1.78. The molecule has 0 unspecified atom stereocenters. The molecule has 0 aromatic carbocycles. The molecule has 2 rings (SSSR count). The summed E-state index contributed by atoms with van der Waals surface area (Å²) in [6.07, 6.45) is 0.518. The second-order valence-corrected chi connectivity index (χ2v) is 5.98. The molecule has 0 aliphatic carbocycles. The molecule has 0 fully saturated rings. The Labute approximate surface area is 137 Å². The normalized spacial score (nSPS) is 11.2. The van der Waals surface area contributed by atoms with E-state index in [9.17, 15) is 14.9 Å². The highest BCUT2D eigenvalue weighted by Gasteiger charge is 2.18. The van der Waals surface area contributed by atoms with Gasteiger partial charge < -0.3 is 14.6 Å². The lowest BCUT2D eigenvalue weighted by molar-refractivity contribution is -0.385. The quantitative estimate of drug-likeness (QED) is 0.665. The van der Waals surface area contributed by atoms with E-state index in [4.69, 9.17) is 9.26 Å². The van der Waals surface area contributed by atoms with Gasteiger partial charge in [0, 0.05) is 6.07 Å². The maximum atomic E-state index is 11.6. The van der Waals surface area contributed by atoms with Crippen LogP contribution in [0.25, 0.3) is 11.5 Å². The van der Waals surface area contributed by atoms with Crippen molar-refractivity contribution in [3.05, 3.63) is 33.8 Å². The fraction of sp³-hybridized carbons (Fsp3) is 0.429. The first-order chi connectivity index (χ1) is 11.2. The summed E-state index contributed by atoms with van der Waals surface area (Å²) in [7, 11) is 0. The summed E-state index contributed by atoms with van der Waals surface area (Å²) in [5, 5.41) is 17.0. The highest BCUT2D eigenvalue weighted by atomic mass is 16.6. The van der Waals surface area contributed by atoms with Crippen molar-refractivity contribution in [2.45, 2.75) is 39.8 Å². The van der Waals surface area contributed by atoms with Crippen LogP contribution < -0.4 is 5.32 Å². The van der Waals surface area contributed by atoms with Crippen LogP contribution in [0.3, 0.4) is 0 Å². The highest BCUT2D eigenvalue weighted by molar-refractivity contribution is 5.67. The second-order valence-electron chi connectivity index (χ2n) is 5.98. The Morgan fingerprint density at radius 2 is 2.17 bits per heavy atom. The molecular weight excluding hydrogens is 318 g/mol. The van der Waals surface area contributed by atoms with E-state index < -0.39 is 16.6 Å². The summed E-state index contributed by atoms with van der Waals surface area (Å²) < 4.78 is 10.1. The zero-order valence-corrected chi connectivity index (χ0v) is 13.7. The summed E-state index contributed by atoms with van der Waals surface area (Å²) in [4.78, 5) is 29.8. The first-order valence-corrected chi connectivity index (χ1v) is 7.06. The van der Waals surface area contributed by atoms with Crippen LogP contribution in [-0.4, -0.2) is 31.7 Å². The molecule has 0 bridgehead atoms. The molecule has 0 aliphatic rings. The summed E-state index contributed by atoms with van der Waals surface area (Å²) in [6, 6.07) is 1.37. The van der Waals surface area contributed by atoms with Gasteiger partial charge in [0.15, 0.2) is 0 Å². The zero-order chi connectivity index (χ0) is 17.9. The third kappa shape index (κ3) is 4.48. The van der Waals surface area contributed by atoms with Gasteiger partial charge in [-0.25, -0.2) is 9.78 Å². The standard InChI is InChI=1S/C14H17N5O5/c1-8-5-9(19(21)22)6-15-11(8)12-17-10(24-18-12)7-16-13(20)23-14(2,3)4/h5-6H,7H2,1-4H3,(H,16,20). The van der Waals surface area contributed by atoms with Crippen LogP contribution in [0.15, 0.2) is 16.8 Å². The van der Waals surface area contributed by atoms with Crippen LogP contribution in [0, 0.1) is 17.0 Å². The number of ether oxygens (including phenoxy) is 1. The molecule has 24 heavy (non-hydrogen) atoms. The van der Waals surface area contributed by atoms with Crippen LogP contribution in [0.5, 0.6) is 0 Å². The van der Waals surface area contributed by atoms with Crippen LogP contribution in [0.2, 0.25) is 0 Å². The van der Waals surface area contributed by atoms with E-state index in [1.54, 1.807) is 27.7 Å². The Hall–Kier alpha value is -3.04. The number of amides is 1. The molecule has 0 radical (unpaired) electrons. The molecule has 0 spiro atoms. The van der Waals surface area contributed by atoms with Crippen molar-refractivity contribution in [2.24, 2.45) is 0 Å². The number of rotatable bonds is 4. The molecule has 0 atom stereocenters. The van der Waals surface area contributed by atoms with E-state index in [1.165, 1.54) is 6.07 Å². The highest BCUT2D eigenvalue weighted by Crippen LogP contribution is 2.21. The predicted octanol–water partition coefficient (Wildman–Crippen LogP) is 2.37. The number of alkyl carbamates (subject to hydrolysis) is 1. The number of hydrogen-bond acceptors (Lipinski definition) is 8. The van der Waals surface area contributed by atoms with E-state index in [0.29, 0.717) is 11.3 Å². The number of nitro groups is 1. The lowest BCUT2D eigenvalue weighted by Crippen LogP contribution is -2.32. The monoisotopic (exact) mass is 335 g/mol. The predicted molar refractivity (Wildman–Crippen MR) is 82.0 cm³/mol. The Bertz CT molecular complexity index is 765. The van der Waals surface area contributed by atoms with Crippen molar-refractivity contribution >= 4 is 11.8 Å². The number of nitrogens with one attached hydrogen (secondary N) is 1. The molecule has 2 aromatic heterocycles. The first-order valence-electron chi connectivity index (χ1n) is 7.06. The lowest BCUT2D eigenvalue weighted by atomic mass is 10.2. The van der Waals surface area contributed by atoms with Crippen molar-refractivity contribution in [3.8, 4) is 11.5 Å². The number of carbonyl (C=O) groups is 1. The topological polar surface area (TPSA) is 133 Å². The van der Waals surface area contributed by atoms with Crippen LogP contribution in [-0.2, 0) is 11.3 Å². The first kappa shape index (κ1) is 17.3. The molecule has 0 saturated carbocycles. The Morgan fingerprint density at radius 1 is 1.46 bits per heavy atom. The Morgan fingerprint density at radius 3 is 2.75 bits per heavy atom. The van der Waals surface area contributed by atoms with E-state index in [0.717, 1.165) is 6.20 Å². The molecule has 0 aliphatic heterocycles. The molecule has 10 nitrogen and oxygen atoms in total. The molecule has 1 N–H and O–H groups in total. The van der Waals surface area contributed by atoms with Crippen LogP contribution in [0.4, 0.5) is 10.5 Å². The average Bonchev–Trinajstić information content (AvgIpc) is 2.91. The maximum absolute atomic E-state index is 11.6. The van der Waals surface area contributed by atoms with E-state index in [1.807, 2.05) is 0 Å². The third-order valence-corrected chi connectivity index (χ3v) is 2.74. The molecule has 1 amide bonds. The second kappa shape index (κ2) is 6.60. The third-order valence-electron chi connectivity index (χ3n) is 2.74. The van der Waals surface area contributed by atoms with Gasteiger partial charge in [-0.3, -0.25) is 10.1 Å². The smallest absolute Gasteiger partial charge is 0.408 e. The van der Waals surface area contributed by atoms with Crippen molar-refractivity contribution in [1.82, 2.24) is 20.4 Å². The summed E-state index contributed by atoms with van der Waals surface area (Å²) >= 11 is 0. The van der Waals surface area contributed by atoms with Gasteiger partial charge in [-0.15, -0.1) is 0 Å². The number of hydrogen-bond donors (Lipinski definition) is 1. The minimum Gasteiger partial charge on any atom is -0.444 e. The number of aryl methyl sites for hydroxylation is 1. The summed E-state index contributed by atoms with van der Waals surface area (Å²) in [5.74, 6) is 0.346. The Kier molecular flexibility index (Phi) is 4.77. The van der Waals surface area contributed by atoms with E-state index >= 15 is 0 Å². The molecule has 2 aromatic rings. The molecule has 10 heteroatoms. The van der Waals surface area contributed by atoms with Crippen LogP contribution >= 0.6 is 0 Å². The number of nitrogens with zero attached hydrogens (tertiary/aromatic N) is 4. The minimum atomic E-state index is -0.607. The van der Waals surface area contributed by atoms with E-state index in [-0.39, 0.29) is 23.9 Å². The van der Waals surface area contributed by atoms with Gasteiger partial charge in [-0.1, -0.05) is 5.16 Å². The molecule has 2 heterocycles. The molecular formula is C14H17N5O5. The van der Waals surface area contributed by atoms with Gasteiger partial charge in [-0.05, 0) is 33.3 Å². The largest absolute Gasteiger partial charge is 0.444 e. The zero-order valence-electron chi connectivity index (χ0n) is 13.7. The van der Waals surface area contributed by atoms with Crippen LogP contribution in [0.1, 0.15) is 32.2 Å². The molecule has 128 valence electrons. The SMILES string of the molecule is Cc1cc([N+](=O)[O-])cnc1-c1noc(CNC(=O)OC(C)(C)C)n1. The molecule has 0 saturated heterocycles. The average molecular weight is 335 g/mol. The van der Waals surface area contributed by atoms with Gasteiger partial charge in [0.25, 0.3) is 5.69 Å². The minimum absolute atomic E-state index is 0.00601. The van der Waals surface area contributed by atoms with Gasteiger partial charge in [-0.2, -0.15) is 4.98 Å². The number of carbonyl (C=O) groups excluding carboxylic acids is 1. The van der Waals surface area contributed by atoms with Crippen molar-refractivity contribution < 1.29 is 19.0 Å². The number of aromatic nitrogens is 3. The van der Waals surface area contributed by atoms with Crippen molar-refractivity contribution in [1.29, 1.82) is 0 Å². The summed E-state index contributed by atoms with van der Waals surface area (Å²) in [6.45, 7) is 6.90. The van der Waals surface area contributed by atoms with Gasteiger partial charge in [0.1, 0.15) is 24.0 Å².